The van der Waals surface area contributed by atoms with Gasteiger partial charge in [-0.15, -0.1) is 0 Å². The molecule has 174 valence electrons. The molecule has 0 unspecified atom stereocenters. The van der Waals surface area contributed by atoms with E-state index in [2.05, 4.69) is 15.9 Å². The van der Waals surface area contributed by atoms with Gasteiger partial charge in [0.1, 0.15) is 11.5 Å². The topological polar surface area (TPSA) is 72.9 Å². The molecule has 33 heavy (non-hydrogen) atoms. The Labute approximate surface area is 207 Å². The molecule has 0 spiro atoms. The summed E-state index contributed by atoms with van der Waals surface area (Å²) in [6, 6.07) is 14.2. The second-order valence-corrected chi connectivity index (χ2v) is 10.4. The number of benzene rings is 3. The molecule has 0 saturated heterocycles. The lowest BCUT2D eigenvalue weighted by molar-refractivity contribution is -0.119. The number of halogens is 2. The third kappa shape index (κ3) is 5.34. The number of methoxy groups -OCH3 is 1. The molecule has 0 aliphatic rings. The van der Waals surface area contributed by atoms with Gasteiger partial charge >= 0.3 is 0 Å². The van der Waals surface area contributed by atoms with Crippen LogP contribution in [0.3, 0.4) is 0 Å². The molecule has 3 aromatic carbocycles. The number of carbonyl (C=O) groups is 1. The summed E-state index contributed by atoms with van der Waals surface area (Å²) in [4.78, 5) is 13.3. The zero-order valence-electron chi connectivity index (χ0n) is 18.6. The summed E-state index contributed by atoms with van der Waals surface area (Å²) in [6.45, 7) is 4.99. The molecular weight excluding hydrogens is 530 g/mol. The molecule has 0 N–H and O–H groups in total. The molecule has 9 heteroatoms. The Bertz CT molecular complexity index is 1280. The van der Waals surface area contributed by atoms with E-state index in [-0.39, 0.29) is 10.6 Å². The van der Waals surface area contributed by atoms with Crippen molar-refractivity contribution in [2.45, 2.75) is 25.7 Å². The van der Waals surface area contributed by atoms with Gasteiger partial charge in [0, 0.05) is 5.02 Å². The van der Waals surface area contributed by atoms with E-state index in [0.29, 0.717) is 21.0 Å². The highest BCUT2D eigenvalue weighted by Gasteiger charge is 2.31. The molecule has 1 amide bonds. The van der Waals surface area contributed by atoms with Gasteiger partial charge in [-0.2, -0.15) is 4.31 Å². The zero-order chi connectivity index (χ0) is 24.3. The van der Waals surface area contributed by atoms with Gasteiger partial charge in [0.25, 0.3) is 15.9 Å². The maximum atomic E-state index is 13.5. The first-order chi connectivity index (χ1) is 15.6. The predicted molar refractivity (Wildman–Crippen MR) is 133 cm³/mol. The van der Waals surface area contributed by atoms with Crippen LogP contribution in [0.25, 0.3) is 0 Å². The highest BCUT2D eigenvalue weighted by molar-refractivity contribution is 9.10. The number of aryl methyl sites for hydroxylation is 2. The van der Waals surface area contributed by atoms with Gasteiger partial charge in [-0.3, -0.25) is 4.79 Å². The minimum atomic E-state index is -4.20. The first kappa shape index (κ1) is 25.1. The van der Waals surface area contributed by atoms with Crippen molar-refractivity contribution in [3.63, 3.8) is 0 Å². The highest BCUT2D eigenvalue weighted by Crippen LogP contribution is 2.36. The van der Waals surface area contributed by atoms with Gasteiger partial charge < -0.3 is 9.47 Å². The van der Waals surface area contributed by atoms with Crippen molar-refractivity contribution in [2.75, 3.05) is 18.0 Å². The average Bonchev–Trinajstić information content (AvgIpc) is 2.80. The minimum absolute atomic E-state index is 0.00312. The number of nitrogens with zero attached hydrogens (tertiary/aromatic N) is 1. The number of rotatable bonds is 7. The lowest BCUT2D eigenvalue weighted by atomic mass is 10.1. The third-order valence-corrected chi connectivity index (χ3v) is 8.34. The summed E-state index contributed by atoms with van der Waals surface area (Å²) in [5.41, 5.74) is 2.61. The Morgan fingerprint density at radius 1 is 1.03 bits per heavy atom. The molecule has 0 bridgehead atoms. The van der Waals surface area contributed by atoms with Crippen LogP contribution in [0, 0.1) is 20.8 Å². The lowest BCUT2D eigenvalue weighted by Crippen LogP contribution is -2.40. The van der Waals surface area contributed by atoms with Crippen LogP contribution in [-0.2, 0) is 14.8 Å². The van der Waals surface area contributed by atoms with Crippen molar-refractivity contribution < 1.29 is 22.7 Å². The van der Waals surface area contributed by atoms with Crippen molar-refractivity contribution >= 4 is 49.1 Å². The fourth-order valence-corrected chi connectivity index (χ4v) is 5.25. The Morgan fingerprint density at radius 3 is 2.21 bits per heavy atom. The number of ether oxygens (including phenoxy) is 2. The fraction of sp³-hybridized carbons (Fsp3) is 0.208. The Hall–Kier alpha value is -2.55. The normalized spacial score (nSPS) is 11.2. The molecule has 0 aromatic heterocycles. The highest BCUT2D eigenvalue weighted by atomic mass is 79.9. The van der Waals surface area contributed by atoms with E-state index in [4.69, 9.17) is 21.1 Å². The van der Waals surface area contributed by atoms with Crippen LogP contribution in [0.5, 0.6) is 11.5 Å². The average molecular weight is 553 g/mol. The molecule has 6 nitrogen and oxygen atoms in total. The van der Waals surface area contributed by atoms with E-state index in [0.717, 1.165) is 21.0 Å². The second-order valence-electron chi connectivity index (χ2n) is 7.41. The maximum Gasteiger partial charge on any atom is 0.278 e. The van der Waals surface area contributed by atoms with Crippen molar-refractivity contribution in [3.05, 3.63) is 80.8 Å². The molecular formula is C24H23BrClNO5S. The predicted octanol–water partition coefficient (Wildman–Crippen LogP) is 5.84. The van der Waals surface area contributed by atoms with Crippen molar-refractivity contribution in [1.29, 1.82) is 0 Å². The number of amides is 1. The summed E-state index contributed by atoms with van der Waals surface area (Å²) in [6.07, 6.45) is 0. The van der Waals surface area contributed by atoms with Gasteiger partial charge in [0.2, 0.25) is 0 Å². The SMILES string of the molecule is COc1ccc(N(C(=O)COc2cc(C)c(Cl)c(C)c2Br)S(=O)(=O)c2ccc(C)cc2)cc1. The first-order valence-electron chi connectivity index (χ1n) is 9.93. The number of carbonyl (C=O) groups excluding carboxylic acids is 1. The molecule has 0 fully saturated rings. The van der Waals surface area contributed by atoms with Gasteiger partial charge in [0.05, 0.1) is 22.2 Å². The number of hydrogen-bond acceptors (Lipinski definition) is 5. The minimum Gasteiger partial charge on any atom is -0.497 e. The van der Waals surface area contributed by atoms with Crippen LogP contribution in [0.15, 0.2) is 64.0 Å². The summed E-state index contributed by atoms with van der Waals surface area (Å²) < 4.78 is 39.2. The number of hydrogen-bond donors (Lipinski definition) is 0. The van der Waals surface area contributed by atoms with Gasteiger partial charge in [-0.1, -0.05) is 29.3 Å². The largest absolute Gasteiger partial charge is 0.497 e. The van der Waals surface area contributed by atoms with E-state index in [1.165, 1.54) is 31.4 Å². The Kier molecular flexibility index (Phi) is 7.72. The van der Waals surface area contributed by atoms with Crippen LogP contribution in [0.1, 0.15) is 16.7 Å². The van der Waals surface area contributed by atoms with Gasteiger partial charge in [-0.25, -0.2) is 8.42 Å². The van der Waals surface area contributed by atoms with E-state index < -0.39 is 22.5 Å². The number of sulfonamides is 1. The lowest BCUT2D eigenvalue weighted by Gasteiger charge is -2.23. The molecule has 0 radical (unpaired) electrons. The zero-order valence-corrected chi connectivity index (χ0v) is 21.7. The third-order valence-electron chi connectivity index (χ3n) is 5.01. The summed E-state index contributed by atoms with van der Waals surface area (Å²) in [7, 11) is -2.69. The maximum absolute atomic E-state index is 13.5. The Morgan fingerprint density at radius 2 is 1.64 bits per heavy atom. The molecule has 0 saturated carbocycles. The second kappa shape index (κ2) is 10.2. The van der Waals surface area contributed by atoms with E-state index in [1.807, 2.05) is 20.8 Å². The molecule has 3 aromatic rings. The molecule has 0 atom stereocenters. The Balaban J connectivity index is 1.98. The van der Waals surface area contributed by atoms with Crippen LogP contribution >= 0.6 is 27.5 Å². The van der Waals surface area contributed by atoms with E-state index in [1.54, 1.807) is 30.3 Å². The molecule has 0 aliphatic heterocycles. The number of anilines is 1. The van der Waals surface area contributed by atoms with Crippen LogP contribution in [-0.4, -0.2) is 28.0 Å². The molecule has 0 aliphatic carbocycles. The molecule has 0 heterocycles. The smallest absolute Gasteiger partial charge is 0.278 e. The van der Waals surface area contributed by atoms with Crippen LogP contribution in [0.2, 0.25) is 5.02 Å². The quantitative estimate of drug-likeness (QED) is 0.368. The van der Waals surface area contributed by atoms with Crippen LogP contribution in [0.4, 0.5) is 5.69 Å². The summed E-state index contributed by atoms with van der Waals surface area (Å²) in [5, 5.41) is 0.586. The monoisotopic (exact) mass is 551 g/mol. The van der Waals surface area contributed by atoms with Crippen molar-refractivity contribution in [2.24, 2.45) is 0 Å². The summed E-state index contributed by atoms with van der Waals surface area (Å²) >= 11 is 9.69. The summed E-state index contributed by atoms with van der Waals surface area (Å²) in [5.74, 6) is 0.175. The van der Waals surface area contributed by atoms with Gasteiger partial charge in [-0.05, 0) is 90.3 Å². The van der Waals surface area contributed by atoms with Crippen molar-refractivity contribution in [3.8, 4) is 11.5 Å². The van der Waals surface area contributed by atoms with Crippen LogP contribution < -0.4 is 13.8 Å². The first-order valence-corrected chi connectivity index (χ1v) is 12.5. The van der Waals surface area contributed by atoms with E-state index in [9.17, 15) is 13.2 Å². The van der Waals surface area contributed by atoms with Gasteiger partial charge in [0.15, 0.2) is 6.61 Å². The standard InChI is InChI=1S/C24H23BrClNO5S/c1-15-5-11-20(12-6-15)33(29,30)27(18-7-9-19(31-4)10-8-18)22(28)14-32-21-13-16(2)24(26)17(3)23(21)25/h5-13H,14H2,1-4H3. The van der Waals surface area contributed by atoms with Crippen molar-refractivity contribution in [1.82, 2.24) is 0 Å². The molecule has 3 rings (SSSR count). The fourth-order valence-electron chi connectivity index (χ4n) is 3.15. The van der Waals surface area contributed by atoms with E-state index >= 15 is 0 Å².